The van der Waals surface area contributed by atoms with Crippen LogP contribution >= 0.6 is 11.6 Å². The van der Waals surface area contributed by atoms with Crippen molar-refractivity contribution in [2.75, 3.05) is 0 Å². The van der Waals surface area contributed by atoms with E-state index in [9.17, 15) is 9.59 Å². The van der Waals surface area contributed by atoms with Gasteiger partial charge in [0.25, 0.3) is 5.56 Å². The van der Waals surface area contributed by atoms with Gasteiger partial charge >= 0.3 is 5.69 Å². The van der Waals surface area contributed by atoms with Crippen molar-refractivity contribution in [3.63, 3.8) is 0 Å². The number of hydrogen-bond donors (Lipinski definition) is 0. The molecule has 0 saturated heterocycles. The second-order valence-corrected chi connectivity index (χ2v) is 5.62. The summed E-state index contributed by atoms with van der Waals surface area (Å²) in [6, 6.07) is 1.85. The van der Waals surface area contributed by atoms with Gasteiger partial charge in [0.2, 0.25) is 0 Å². The van der Waals surface area contributed by atoms with Crippen molar-refractivity contribution < 1.29 is 0 Å². The molecular formula is C13H13ClN4O2. The molecule has 7 heteroatoms. The summed E-state index contributed by atoms with van der Waals surface area (Å²) >= 11 is 5.90. The van der Waals surface area contributed by atoms with Gasteiger partial charge in [-0.1, -0.05) is 24.4 Å². The van der Waals surface area contributed by atoms with Crippen LogP contribution in [0.25, 0.3) is 0 Å². The monoisotopic (exact) mass is 292 g/mol. The summed E-state index contributed by atoms with van der Waals surface area (Å²) < 4.78 is 2.46. The molecule has 0 spiro atoms. The quantitative estimate of drug-likeness (QED) is 0.835. The summed E-state index contributed by atoms with van der Waals surface area (Å²) in [5.74, 6) is 1.04. The number of halogens is 1. The van der Waals surface area contributed by atoms with Gasteiger partial charge in [-0.3, -0.25) is 9.36 Å². The van der Waals surface area contributed by atoms with E-state index < -0.39 is 11.2 Å². The second-order valence-electron chi connectivity index (χ2n) is 5.18. The summed E-state index contributed by atoms with van der Waals surface area (Å²) in [7, 11) is 0. The number of hydrogen-bond acceptors (Lipinski definition) is 4. The molecule has 0 bridgehead atoms. The van der Waals surface area contributed by atoms with Crippen molar-refractivity contribution >= 4 is 22.6 Å². The van der Waals surface area contributed by atoms with E-state index in [4.69, 9.17) is 16.9 Å². The molecule has 1 saturated carbocycles. The average molecular weight is 293 g/mol. The Labute approximate surface area is 119 Å². The largest absolute Gasteiger partial charge is 0.333 e. The molecule has 0 aromatic carbocycles. The lowest BCUT2D eigenvalue weighted by molar-refractivity contribution is 0.539. The van der Waals surface area contributed by atoms with Crippen LogP contribution in [0.4, 0.5) is 5.82 Å². The summed E-state index contributed by atoms with van der Waals surface area (Å²) in [4.78, 5) is 28.6. The molecule has 1 fully saturated rings. The molecule has 2 aliphatic rings. The highest BCUT2D eigenvalue weighted by molar-refractivity contribution is 6.66. The van der Waals surface area contributed by atoms with Crippen LogP contribution in [-0.2, 0) is 19.5 Å². The molecular weight excluding hydrogens is 280 g/mol. The van der Waals surface area contributed by atoms with Crippen molar-refractivity contribution in [1.29, 1.82) is 5.26 Å². The van der Waals surface area contributed by atoms with Gasteiger partial charge in [0.15, 0.2) is 0 Å². The zero-order valence-corrected chi connectivity index (χ0v) is 11.6. The van der Waals surface area contributed by atoms with E-state index in [1.165, 1.54) is 17.4 Å². The van der Waals surface area contributed by atoms with Gasteiger partial charge in [-0.05, 0) is 12.3 Å². The minimum absolute atomic E-state index is 0.241. The maximum atomic E-state index is 12.3. The lowest BCUT2D eigenvalue weighted by atomic mass is 10.2. The molecule has 2 heterocycles. The zero-order valence-electron chi connectivity index (χ0n) is 10.8. The number of fused-ring (bicyclic) bond motifs is 1. The minimum Gasteiger partial charge on any atom is -0.278 e. The van der Waals surface area contributed by atoms with Gasteiger partial charge in [-0.15, -0.1) is 0 Å². The molecule has 0 amide bonds. The molecule has 1 aromatic heterocycles. The van der Waals surface area contributed by atoms with Gasteiger partial charge in [-0.2, -0.15) is 5.26 Å². The van der Waals surface area contributed by atoms with Crippen molar-refractivity contribution in [1.82, 2.24) is 9.13 Å². The fourth-order valence-electron chi connectivity index (χ4n) is 2.46. The van der Waals surface area contributed by atoms with Crippen molar-refractivity contribution in [3.8, 4) is 6.07 Å². The molecule has 0 N–H and O–H groups in total. The van der Waals surface area contributed by atoms with Crippen molar-refractivity contribution in [2.45, 2.75) is 38.8 Å². The van der Waals surface area contributed by atoms with E-state index in [0.717, 1.165) is 11.0 Å². The van der Waals surface area contributed by atoms with E-state index in [2.05, 4.69) is 4.99 Å². The summed E-state index contributed by atoms with van der Waals surface area (Å²) in [6.07, 6.45) is 3.52. The van der Waals surface area contributed by atoms with Crippen LogP contribution in [-0.4, -0.2) is 14.3 Å². The van der Waals surface area contributed by atoms with Crippen LogP contribution in [0.1, 0.15) is 24.8 Å². The van der Waals surface area contributed by atoms with Crippen LogP contribution < -0.4 is 11.2 Å². The summed E-state index contributed by atoms with van der Waals surface area (Å²) in [6.45, 7) is 0.275. The van der Waals surface area contributed by atoms with Crippen LogP contribution in [0.5, 0.6) is 0 Å². The maximum Gasteiger partial charge on any atom is 0.333 e. The van der Waals surface area contributed by atoms with Crippen molar-refractivity contribution in [3.05, 3.63) is 26.4 Å². The molecule has 1 aliphatic carbocycles. The Morgan fingerprint density at radius 1 is 1.35 bits per heavy atom. The van der Waals surface area contributed by atoms with Crippen LogP contribution in [0.15, 0.2) is 14.6 Å². The lowest BCUT2D eigenvalue weighted by Crippen LogP contribution is -2.41. The number of nitrogens with zero attached hydrogens (tertiary/aromatic N) is 4. The van der Waals surface area contributed by atoms with Crippen LogP contribution in [0, 0.1) is 17.2 Å². The number of aliphatic imine (C=N–C) groups is 1. The average Bonchev–Trinajstić information content (AvgIpc) is 3.16. The summed E-state index contributed by atoms with van der Waals surface area (Å²) in [5, 5.41) is 9.09. The Morgan fingerprint density at radius 2 is 2.10 bits per heavy atom. The minimum atomic E-state index is -0.467. The Balaban J connectivity index is 2.12. The molecule has 0 atom stereocenters. The molecule has 104 valence electrons. The Hall–Kier alpha value is -1.87. The van der Waals surface area contributed by atoms with Gasteiger partial charge in [0.05, 0.1) is 11.6 Å². The zero-order chi connectivity index (χ0) is 14.3. The highest BCUT2D eigenvalue weighted by Gasteiger charge is 2.26. The normalized spacial score (nSPS) is 16.7. The fourth-order valence-corrected chi connectivity index (χ4v) is 2.67. The predicted molar refractivity (Wildman–Crippen MR) is 74.6 cm³/mol. The SMILES string of the molecule is N#CCn1c(=O)c2c(n(CCC3CC3)c1=O)N=C(Cl)C2. The van der Waals surface area contributed by atoms with E-state index >= 15 is 0 Å². The molecule has 1 aliphatic heterocycles. The van der Waals surface area contributed by atoms with E-state index in [1.807, 2.05) is 6.07 Å². The first-order valence-electron chi connectivity index (χ1n) is 6.58. The topological polar surface area (TPSA) is 80.1 Å². The third kappa shape index (κ3) is 2.18. The molecule has 3 rings (SSSR count). The van der Waals surface area contributed by atoms with Crippen molar-refractivity contribution in [2.24, 2.45) is 10.9 Å². The molecule has 6 nitrogen and oxygen atoms in total. The smallest absolute Gasteiger partial charge is 0.278 e. The molecule has 1 aromatic rings. The predicted octanol–water partition coefficient (Wildman–Crippen LogP) is 1.16. The standard InChI is InChI=1S/C13H13ClN4O2/c14-10-7-9-11(16-10)17(5-3-8-1-2-8)13(20)18(6-4-15)12(9)19/h8H,1-3,5-7H2. The Kier molecular flexibility index (Phi) is 3.22. The fraction of sp³-hybridized carbons (Fsp3) is 0.538. The van der Waals surface area contributed by atoms with Crippen LogP contribution in [0.2, 0.25) is 0 Å². The van der Waals surface area contributed by atoms with Gasteiger partial charge in [0.1, 0.15) is 17.5 Å². The third-order valence-electron chi connectivity index (χ3n) is 3.73. The lowest BCUT2D eigenvalue weighted by Gasteiger charge is -2.12. The highest BCUT2D eigenvalue weighted by Crippen LogP contribution is 2.33. The Morgan fingerprint density at radius 3 is 2.75 bits per heavy atom. The van der Waals surface area contributed by atoms with Gasteiger partial charge in [0, 0.05) is 13.0 Å². The first-order valence-corrected chi connectivity index (χ1v) is 6.96. The Bertz CT molecular complexity index is 749. The second kappa shape index (κ2) is 4.91. The molecule has 20 heavy (non-hydrogen) atoms. The van der Waals surface area contributed by atoms with E-state index in [0.29, 0.717) is 29.0 Å². The highest BCUT2D eigenvalue weighted by atomic mass is 35.5. The van der Waals surface area contributed by atoms with E-state index in [-0.39, 0.29) is 13.0 Å². The van der Waals surface area contributed by atoms with Crippen LogP contribution in [0.3, 0.4) is 0 Å². The van der Waals surface area contributed by atoms with E-state index in [1.54, 1.807) is 0 Å². The third-order valence-corrected chi connectivity index (χ3v) is 3.95. The number of aromatic nitrogens is 2. The number of nitriles is 1. The maximum absolute atomic E-state index is 12.3. The molecule has 0 unspecified atom stereocenters. The number of rotatable bonds is 4. The first-order chi connectivity index (χ1) is 9.61. The molecule has 0 radical (unpaired) electrons. The van der Waals surface area contributed by atoms with Gasteiger partial charge in [-0.25, -0.2) is 14.4 Å². The summed E-state index contributed by atoms with van der Waals surface area (Å²) in [5.41, 5.74) is -0.500. The van der Waals surface area contributed by atoms with Gasteiger partial charge < -0.3 is 0 Å². The first kappa shape index (κ1) is 13.1.